The molecule has 0 amide bonds. The Hall–Kier alpha value is -0.0800. The zero-order valence-electron chi connectivity index (χ0n) is 12.9. The molecule has 2 nitrogen and oxygen atoms in total. The first-order chi connectivity index (χ1) is 8.54. The third-order valence-electron chi connectivity index (χ3n) is 4.92. The predicted molar refractivity (Wildman–Crippen MR) is 78.8 cm³/mol. The fourth-order valence-electron chi connectivity index (χ4n) is 3.32. The van der Waals surface area contributed by atoms with Gasteiger partial charge in [0.15, 0.2) is 0 Å². The fraction of sp³-hybridized carbons (Fsp3) is 1.00. The second kappa shape index (κ2) is 7.49. The Bertz CT molecular complexity index is 225. The highest BCUT2D eigenvalue weighted by Crippen LogP contribution is 2.31. The van der Waals surface area contributed by atoms with Crippen molar-refractivity contribution >= 4 is 0 Å². The van der Waals surface area contributed by atoms with E-state index in [9.17, 15) is 5.11 Å². The summed E-state index contributed by atoms with van der Waals surface area (Å²) in [6.07, 6.45) is 8.24. The van der Waals surface area contributed by atoms with Gasteiger partial charge in [-0.1, -0.05) is 40.0 Å². The van der Waals surface area contributed by atoms with E-state index in [2.05, 4.69) is 32.6 Å². The van der Waals surface area contributed by atoms with E-state index >= 15 is 0 Å². The van der Waals surface area contributed by atoms with Gasteiger partial charge in [0, 0.05) is 5.54 Å². The number of likely N-dealkylation sites (tertiary alicyclic amines) is 1. The van der Waals surface area contributed by atoms with Gasteiger partial charge in [0.2, 0.25) is 0 Å². The molecule has 0 radical (unpaired) electrons. The van der Waals surface area contributed by atoms with Crippen LogP contribution in [-0.2, 0) is 0 Å². The molecule has 0 aliphatic carbocycles. The second-order valence-electron chi connectivity index (χ2n) is 6.40. The number of hydrogen-bond acceptors (Lipinski definition) is 2. The lowest BCUT2D eigenvalue weighted by atomic mass is 9.82. The number of rotatable bonds is 7. The Morgan fingerprint density at radius 3 is 2.28 bits per heavy atom. The van der Waals surface area contributed by atoms with Crippen molar-refractivity contribution in [2.45, 2.75) is 84.3 Å². The quantitative estimate of drug-likeness (QED) is 0.747. The lowest BCUT2D eigenvalue weighted by Gasteiger charge is -2.46. The van der Waals surface area contributed by atoms with Gasteiger partial charge in [-0.15, -0.1) is 0 Å². The smallest absolute Gasteiger partial charge is 0.0723 e. The summed E-state index contributed by atoms with van der Waals surface area (Å²) in [6, 6.07) is 0. The Labute approximate surface area is 114 Å². The molecule has 1 N–H and O–H groups in total. The van der Waals surface area contributed by atoms with E-state index < -0.39 is 0 Å². The molecule has 1 saturated heterocycles. The molecule has 1 rings (SSSR count). The van der Waals surface area contributed by atoms with Gasteiger partial charge in [0.25, 0.3) is 0 Å². The van der Waals surface area contributed by atoms with Crippen molar-refractivity contribution in [2.75, 3.05) is 13.1 Å². The maximum absolute atomic E-state index is 10.7. The predicted octanol–water partition coefficient (Wildman–Crippen LogP) is 3.83. The van der Waals surface area contributed by atoms with Crippen molar-refractivity contribution in [3.8, 4) is 0 Å². The van der Waals surface area contributed by atoms with Gasteiger partial charge < -0.3 is 5.11 Å². The van der Waals surface area contributed by atoms with Gasteiger partial charge in [-0.2, -0.15) is 0 Å². The number of aliphatic hydroxyl groups excluding tert-OH is 1. The normalized spacial score (nSPS) is 24.5. The summed E-state index contributed by atoms with van der Waals surface area (Å²) in [7, 11) is 0. The van der Waals surface area contributed by atoms with Crippen LogP contribution in [0.3, 0.4) is 0 Å². The minimum Gasteiger partial charge on any atom is -0.391 e. The summed E-state index contributed by atoms with van der Waals surface area (Å²) in [5, 5.41) is 10.7. The first-order valence-corrected chi connectivity index (χ1v) is 7.97. The van der Waals surface area contributed by atoms with Gasteiger partial charge in [-0.05, 0) is 51.6 Å². The van der Waals surface area contributed by atoms with Crippen LogP contribution in [0.15, 0.2) is 0 Å². The van der Waals surface area contributed by atoms with Crippen LogP contribution >= 0.6 is 0 Å². The first kappa shape index (κ1) is 16.0. The van der Waals surface area contributed by atoms with E-state index in [1.54, 1.807) is 0 Å². The maximum Gasteiger partial charge on any atom is 0.0723 e. The number of piperidine rings is 1. The third-order valence-corrected chi connectivity index (χ3v) is 4.92. The molecule has 0 aromatic carbocycles. The van der Waals surface area contributed by atoms with Crippen LogP contribution in [0.2, 0.25) is 0 Å². The summed E-state index contributed by atoms with van der Waals surface area (Å²) in [6.45, 7) is 11.3. The largest absolute Gasteiger partial charge is 0.391 e. The third kappa shape index (κ3) is 3.96. The van der Waals surface area contributed by atoms with Gasteiger partial charge in [0.1, 0.15) is 0 Å². The molecule has 0 spiro atoms. The molecule has 1 aliphatic heterocycles. The molecular weight excluding hydrogens is 222 g/mol. The average molecular weight is 255 g/mol. The van der Waals surface area contributed by atoms with Crippen LogP contribution in [0, 0.1) is 5.92 Å². The average Bonchev–Trinajstić information content (AvgIpc) is 2.39. The van der Waals surface area contributed by atoms with Crippen LogP contribution in [0.25, 0.3) is 0 Å². The van der Waals surface area contributed by atoms with Gasteiger partial charge >= 0.3 is 0 Å². The summed E-state index contributed by atoms with van der Waals surface area (Å²) in [4.78, 5) is 2.54. The van der Waals surface area contributed by atoms with Crippen molar-refractivity contribution in [2.24, 2.45) is 5.92 Å². The Kier molecular flexibility index (Phi) is 6.65. The lowest BCUT2D eigenvalue weighted by Crippen LogP contribution is -2.56. The first-order valence-electron chi connectivity index (χ1n) is 7.97. The minimum absolute atomic E-state index is 0.0115. The van der Waals surface area contributed by atoms with E-state index in [0.717, 1.165) is 12.8 Å². The molecule has 18 heavy (non-hydrogen) atoms. The Morgan fingerprint density at radius 2 is 1.78 bits per heavy atom. The minimum atomic E-state index is -0.179. The van der Waals surface area contributed by atoms with E-state index in [1.807, 2.05) is 0 Å². The molecule has 1 fully saturated rings. The monoisotopic (exact) mass is 255 g/mol. The van der Waals surface area contributed by atoms with Crippen molar-refractivity contribution in [3.63, 3.8) is 0 Å². The van der Waals surface area contributed by atoms with Gasteiger partial charge in [-0.25, -0.2) is 0 Å². The van der Waals surface area contributed by atoms with Crippen LogP contribution in [0.1, 0.15) is 72.6 Å². The summed E-state index contributed by atoms with van der Waals surface area (Å²) in [5.41, 5.74) is -0.0115. The molecular formula is C16H33NO. The second-order valence-corrected chi connectivity index (χ2v) is 6.40. The highest BCUT2D eigenvalue weighted by molar-refractivity contribution is 4.93. The lowest BCUT2D eigenvalue weighted by molar-refractivity contribution is -0.0433. The highest BCUT2D eigenvalue weighted by Gasteiger charge is 2.38. The summed E-state index contributed by atoms with van der Waals surface area (Å²) >= 11 is 0. The summed E-state index contributed by atoms with van der Waals surface area (Å²) in [5.74, 6) is 0.640. The van der Waals surface area contributed by atoms with E-state index in [0.29, 0.717) is 5.92 Å². The molecule has 1 aliphatic rings. The zero-order valence-corrected chi connectivity index (χ0v) is 12.9. The van der Waals surface area contributed by atoms with Crippen molar-refractivity contribution in [1.29, 1.82) is 0 Å². The molecule has 0 saturated carbocycles. The maximum atomic E-state index is 10.7. The number of aliphatic hydroxyl groups is 1. The molecule has 0 aromatic rings. The molecule has 3 unspecified atom stereocenters. The molecule has 3 atom stereocenters. The number of nitrogens with zero attached hydrogens (tertiary/aromatic N) is 1. The summed E-state index contributed by atoms with van der Waals surface area (Å²) < 4.78 is 0. The van der Waals surface area contributed by atoms with Crippen LogP contribution < -0.4 is 0 Å². The molecule has 1 heterocycles. The highest BCUT2D eigenvalue weighted by atomic mass is 16.3. The van der Waals surface area contributed by atoms with E-state index in [4.69, 9.17) is 0 Å². The van der Waals surface area contributed by atoms with Crippen molar-refractivity contribution < 1.29 is 5.11 Å². The topological polar surface area (TPSA) is 23.5 Å². The molecule has 108 valence electrons. The SMILES string of the molecule is CCCC(C)CC(O)C(C)(CC)N1CCCCC1. The Balaban J connectivity index is 2.60. The fourth-order valence-corrected chi connectivity index (χ4v) is 3.32. The van der Waals surface area contributed by atoms with Gasteiger partial charge in [0.05, 0.1) is 6.10 Å². The van der Waals surface area contributed by atoms with Gasteiger partial charge in [-0.3, -0.25) is 4.90 Å². The van der Waals surface area contributed by atoms with Crippen LogP contribution in [0.4, 0.5) is 0 Å². The zero-order chi connectivity index (χ0) is 13.6. The molecule has 2 heteroatoms. The number of hydrogen-bond donors (Lipinski definition) is 1. The van der Waals surface area contributed by atoms with E-state index in [1.165, 1.54) is 45.2 Å². The molecule has 0 bridgehead atoms. The van der Waals surface area contributed by atoms with Crippen molar-refractivity contribution in [1.82, 2.24) is 4.90 Å². The standard InChI is InChI=1S/C16H33NO/c1-5-10-14(3)13-15(18)16(4,6-2)17-11-8-7-9-12-17/h14-15,18H,5-13H2,1-4H3. The Morgan fingerprint density at radius 1 is 1.17 bits per heavy atom. The van der Waals surface area contributed by atoms with Crippen molar-refractivity contribution in [3.05, 3.63) is 0 Å². The van der Waals surface area contributed by atoms with Crippen LogP contribution in [-0.4, -0.2) is 34.7 Å². The van der Waals surface area contributed by atoms with Crippen LogP contribution in [0.5, 0.6) is 0 Å². The molecule has 0 aromatic heterocycles. The van der Waals surface area contributed by atoms with E-state index in [-0.39, 0.29) is 11.6 Å².